The lowest BCUT2D eigenvalue weighted by atomic mass is 9.95. The van der Waals surface area contributed by atoms with E-state index in [-0.39, 0.29) is 5.91 Å². The lowest BCUT2D eigenvalue weighted by Gasteiger charge is -2.22. The monoisotopic (exact) mass is 256 g/mol. The Bertz CT molecular complexity index is 391. The van der Waals surface area contributed by atoms with E-state index in [2.05, 4.69) is 4.98 Å². The van der Waals surface area contributed by atoms with Crippen molar-refractivity contribution in [1.29, 1.82) is 0 Å². The first-order chi connectivity index (χ1) is 7.93. The Kier molecular flexibility index (Phi) is 4.62. The molecule has 5 nitrogen and oxygen atoms in total. The second kappa shape index (κ2) is 5.77. The van der Waals surface area contributed by atoms with Gasteiger partial charge in [-0.2, -0.15) is 0 Å². The molecule has 0 aliphatic carbocycles. The normalized spacial score (nSPS) is 14.1. The van der Waals surface area contributed by atoms with Crippen molar-refractivity contribution >= 4 is 23.2 Å². The van der Waals surface area contributed by atoms with E-state index in [0.717, 1.165) is 5.69 Å². The molecule has 0 aromatic carbocycles. The van der Waals surface area contributed by atoms with E-state index in [0.29, 0.717) is 6.54 Å². The summed E-state index contributed by atoms with van der Waals surface area (Å²) in [6, 6.07) is 0. The van der Waals surface area contributed by atoms with Crippen LogP contribution in [0.4, 0.5) is 0 Å². The fraction of sp³-hybridized carbons (Fsp3) is 0.545. The number of amides is 1. The molecule has 6 heteroatoms. The number of aliphatic carboxylic acids is 1. The van der Waals surface area contributed by atoms with Gasteiger partial charge in [-0.15, -0.1) is 11.3 Å². The van der Waals surface area contributed by atoms with Crippen molar-refractivity contribution in [2.24, 2.45) is 11.8 Å². The average Bonchev–Trinajstić information content (AvgIpc) is 2.78. The minimum atomic E-state index is -0.951. The highest BCUT2D eigenvalue weighted by Crippen LogP contribution is 2.15. The number of carbonyl (C=O) groups excluding carboxylic acids is 1. The van der Waals surface area contributed by atoms with Crippen molar-refractivity contribution in [3.05, 3.63) is 16.6 Å². The van der Waals surface area contributed by atoms with Crippen LogP contribution in [0, 0.1) is 11.8 Å². The summed E-state index contributed by atoms with van der Waals surface area (Å²) in [6.45, 7) is 3.60. The van der Waals surface area contributed by atoms with Crippen LogP contribution in [0.5, 0.6) is 0 Å². The lowest BCUT2D eigenvalue weighted by molar-refractivity contribution is -0.148. The number of aromatic nitrogens is 1. The highest BCUT2D eigenvalue weighted by molar-refractivity contribution is 7.07. The molecule has 17 heavy (non-hydrogen) atoms. The molecule has 0 fully saturated rings. The molecule has 94 valence electrons. The highest BCUT2D eigenvalue weighted by atomic mass is 32.1. The van der Waals surface area contributed by atoms with Gasteiger partial charge in [0, 0.05) is 18.3 Å². The first-order valence-electron chi connectivity index (χ1n) is 5.28. The zero-order chi connectivity index (χ0) is 13.0. The summed E-state index contributed by atoms with van der Waals surface area (Å²) < 4.78 is 0. The predicted octanol–water partition coefficient (Wildman–Crippen LogP) is 1.46. The van der Waals surface area contributed by atoms with Gasteiger partial charge in [0.15, 0.2) is 0 Å². The molecule has 1 rings (SSSR count). The molecule has 0 saturated carbocycles. The molecule has 1 heterocycles. The van der Waals surface area contributed by atoms with Crippen LogP contribution in [-0.2, 0) is 16.1 Å². The third kappa shape index (κ3) is 3.52. The molecular weight excluding hydrogens is 240 g/mol. The third-order valence-corrected chi connectivity index (χ3v) is 3.42. The van der Waals surface area contributed by atoms with E-state index >= 15 is 0 Å². The Morgan fingerprint density at radius 2 is 2.12 bits per heavy atom. The zero-order valence-electron chi connectivity index (χ0n) is 10.1. The number of carboxylic acid groups (broad SMARTS) is 1. The maximum Gasteiger partial charge on any atom is 0.307 e. The van der Waals surface area contributed by atoms with Crippen LogP contribution in [0.2, 0.25) is 0 Å². The Hall–Kier alpha value is -1.43. The maximum atomic E-state index is 12.0. The molecule has 1 N–H and O–H groups in total. The number of hydrogen-bond acceptors (Lipinski definition) is 4. The molecule has 0 saturated heterocycles. The number of rotatable bonds is 5. The van der Waals surface area contributed by atoms with Crippen molar-refractivity contribution in [2.45, 2.75) is 20.4 Å². The van der Waals surface area contributed by atoms with Gasteiger partial charge in [0.2, 0.25) is 5.91 Å². The molecular formula is C11H16N2O3S. The van der Waals surface area contributed by atoms with Gasteiger partial charge in [0.1, 0.15) is 0 Å². The van der Waals surface area contributed by atoms with Crippen LogP contribution < -0.4 is 0 Å². The fourth-order valence-corrected chi connectivity index (χ4v) is 1.96. The summed E-state index contributed by atoms with van der Waals surface area (Å²) in [6.07, 6.45) is 0. The molecule has 0 spiro atoms. The Labute approximate surface area is 104 Å². The maximum absolute atomic E-state index is 12.0. The number of carbonyl (C=O) groups is 2. The van der Waals surface area contributed by atoms with E-state index in [1.165, 1.54) is 16.2 Å². The smallest absolute Gasteiger partial charge is 0.307 e. The molecule has 1 aromatic heterocycles. The molecule has 1 amide bonds. The SMILES string of the molecule is CC(C(=O)O)C(C)C(=O)N(C)Cc1cscn1. The number of hydrogen-bond donors (Lipinski definition) is 1. The van der Waals surface area contributed by atoms with E-state index < -0.39 is 17.8 Å². The molecule has 0 aliphatic rings. The van der Waals surface area contributed by atoms with Gasteiger partial charge < -0.3 is 10.0 Å². The van der Waals surface area contributed by atoms with Crippen LogP contribution in [0.15, 0.2) is 10.9 Å². The highest BCUT2D eigenvalue weighted by Gasteiger charge is 2.28. The van der Waals surface area contributed by atoms with Crippen LogP contribution >= 0.6 is 11.3 Å². The number of carboxylic acids is 1. The summed E-state index contributed by atoms with van der Waals surface area (Å²) in [7, 11) is 1.66. The van der Waals surface area contributed by atoms with E-state index in [4.69, 9.17) is 5.11 Å². The zero-order valence-corrected chi connectivity index (χ0v) is 10.9. The van der Waals surface area contributed by atoms with Crippen molar-refractivity contribution in [2.75, 3.05) is 7.05 Å². The molecule has 0 radical (unpaired) electrons. The number of nitrogens with zero attached hydrogens (tertiary/aromatic N) is 2. The van der Waals surface area contributed by atoms with Crippen molar-refractivity contribution in [3.8, 4) is 0 Å². The minimum absolute atomic E-state index is 0.173. The summed E-state index contributed by atoms with van der Waals surface area (Å²) in [4.78, 5) is 28.4. The van der Waals surface area contributed by atoms with Gasteiger partial charge in [-0.05, 0) is 0 Å². The van der Waals surface area contributed by atoms with Gasteiger partial charge >= 0.3 is 5.97 Å². The predicted molar refractivity (Wildman–Crippen MR) is 64.6 cm³/mol. The molecule has 2 atom stereocenters. The third-order valence-electron chi connectivity index (χ3n) is 2.79. The van der Waals surface area contributed by atoms with E-state index in [9.17, 15) is 9.59 Å². The van der Waals surface area contributed by atoms with Crippen LogP contribution in [0.25, 0.3) is 0 Å². The molecule has 0 bridgehead atoms. The lowest BCUT2D eigenvalue weighted by Crippen LogP contribution is -2.36. The van der Waals surface area contributed by atoms with E-state index in [1.807, 2.05) is 5.38 Å². The van der Waals surface area contributed by atoms with Crippen molar-refractivity contribution < 1.29 is 14.7 Å². The number of thiazole rings is 1. The second-order valence-corrected chi connectivity index (χ2v) is 4.81. The van der Waals surface area contributed by atoms with Gasteiger partial charge in [0.05, 0.1) is 23.7 Å². The summed E-state index contributed by atoms with van der Waals surface area (Å²) >= 11 is 1.47. The van der Waals surface area contributed by atoms with Gasteiger partial charge in [-0.3, -0.25) is 9.59 Å². The van der Waals surface area contributed by atoms with Gasteiger partial charge in [0.25, 0.3) is 0 Å². The first kappa shape index (κ1) is 13.6. The quantitative estimate of drug-likeness (QED) is 0.865. The Balaban J connectivity index is 2.60. The van der Waals surface area contributed by atoms with Crippen LogP contribution in [0.1, 0.15) is 19.5 Å². The average molecular weight is 256 g/mol. The minimum Gasteiger partial charge on any atom is -0.481 e. The first-order valence-corrected chi connectivity index (χ1v) is 6.22. The largest absolute Gasteiger partial charge is 0.481 e. The molecule has 1 aromatic rings. The van der Waals surface area contributed by atoms with Gasteiger partial charge in [-0.25, -0.2) is 4.98 Å². The molecule has 0 aliphatic heterocycles. The Morgan fingerprint density at radius 3 is 2.59 bits per heavy atom. The molecule has 2 unspecified atom stereocenters. The summed E-state index contributed by atoms with van der Waals surface area (Å²) in [5.74, 6) is -2.34. The van der Waals surface area contributed by atoms with E-state index in [1.54, 1.807) is 26.4 Å². The topological polar surface area (TPSA) is 70.5 Å². The van der Waals surface area contributed by atoms with Gasteiger partial charge in [-0.1, -0.05) is 13.8 Å². The van der Waals surface area contributed by atoms with Crippen LogP contribution in [0.3, 0.4) is 0 Å². The fourth-order valence-electron chi connectivity index (χ4n) is 1.41. The van der Waals surface area contributed by atoms with Crippen molar-refractivity contribution in [3.63, 3.8) is 0 Å². The Morgan fingerprint density at radius 1 is 1.47 bits per heavy atom. The summed E-state index contributed by atoms with van der Waals surface area (Å²) in [5.41, 5.74) is 2.53. The standard InChI is InChI=1S/C11H16N2O3S/c1-7(8(2)11(15)16)10(14)13(3)4-9-5-17-6-12-9/h5-8H,4H2,1-3H3,(H,15,16). The second-order valence-electron chi connectivity index (χ2n) is 4.09. The summed E-state index contributed by atoms with van der Waals surface area (Å²) in [5, 5.41) is 10.7. The van der Waals surface area contributed by atoms with Crippen molar-refractivity contribution in [1.82, 2.24) is 9.88 Å². The van der Waals surface area contributed by atoms with Crippen LogP contribution in [-0.4, -0.2) is 33.9 Å².